The summed E-state index contributed by atoms with van der Waals surface area (Å²) in [4.78, 5) is 25.5. The van der Waals surface area contributed by atoms with Gasteiger partial charge in [0, 0.05) is 18.0 Å². The number of phosphoric acid groups is 1. The van der Waals surface area contributed by atoms with Crippen molar-refractivity contribution in [3.8, 4) is 0 Å². The van der Waals surface area contributed by atoms with Gasteiger partial charge in [-0.25, -0.2) is 4.57 Å². The second kappa shape index (κ2) is 8.73. The molecule has 0 fully saturated rings. The van der Waals surface area contributed by atoms with Crippen LogP contribution in [0.4, 0.5) is 0 Å². The summed E-state index contributed by atoms with van der Waals surface area (Å²) in [6, 6.07) is 3.78. The zero-order chi connectivity index (χ0) is 14.0. The van der Waals surface area contributed by atoms with E-state index in [-0.39, 0.29) is 6.61 Å². The van der Waals surface area contributed by atoms with Gasteiger partial charge >= 0.3 is 7.82 Å². The summed E-state index contributed by atoms with van der Waals surface area (Å²) in [7, 11) is -4.64. The van der Waals surface area contributed by atoms with E-state index in [9.17, 15) is 0 Å². The molecule has 0 saturated carbocycles. The smallest absolute Gasteiger partial charge is 0.394 e. The van der Waals surface area contributed by atoms with E-state index in [1.807, 2.05) is 19.1 Å². The molecule has 1 aromatic heterocycles. The van der Waals surface area contributed by atoms with Gasteiger partial charge in [-0.15, -0.1) is 0 Å². The van der Waals surface area contributed by atoms with Gasteiger partial charge in [-0.05, 0) is 19.1 Å². The monoisotopic (exact) mass is 277 g/mol. The predicted octanol–water partition coefficient (Wildman–Crippen LogP) is -0.541. The van der Waals surface area contributed by atoms with Gasteiger partial charge in [-0.2, -0.15) is 5.10 Å². The standard InChI is InChI=1S/C9H13N3O.H3O4P/c1-8(12-11-6-7-13)9-2-4-10-5-3-9;1-5(2,3)4/h2-5,11,13H,6-7H2,1H3;(H3,1,2,3,4)/b12-8+;. The van der Waals surface area contributed by atoms with Gasteiger partial charge in [-0.1, -0.05) is 0 Å². The van der Waals surface area contributed by atoms with Crippen LogP contribution in [0.2, 0.25) is 0 Å². The Kier molecular flexibility index (Phi) is 8.10. The number of nitrogens with zero attached hydrogens (tertiary/aromatic N) is 2. The molecule has 0 atom stereocenters. The van der Waals surface area contributed by atoms with Crippen LogP contribution in [0.1, 0.15) is 12.5 Å². The molecule has 0 unspecified atom stereocenters. The Labute approximate surface area is 104 Å². The molecule has 5 N–H and O–H groups in total. The topological polar surface area (TPSA) is 135 Å². The molecule has 0 aliphatic rings. The van der Waals surface area contributed by atoms with E-state index in [0.29, 0.717) is 6.54 Å². The van der Waals surface area contributed by atoms with E-state index in [1.165, 1.54) is 0 Å². The Bertz CT molecular complexity index is 398. The van der Waals surface area contributed by atoms with Crippen LogP contribution in [0.15, 0.2) is 29.6 Å². The Hall–Kier alpha value is -1.31. The lowest BCUT2D eigenvalue weighted by Gasteiger charge is -2.00. The van der Waals surface area contributed by atoms with Gasteiger partial charge in [-0.3, -0.25) is 4.98 Å². The fourth-order valence-corrected chi connectivity index (χ4v) is 0.882. The number of aliphatic hydroxyl groups is 1. The second-order valence-electron chi connectivity index (χ2n) is 3.08. The van der Waals surface area contributed by atoms with Gasteiger partial charge < -0.3 is 25.2 Å². The summed E-state index contributed by atoms with van der Waals surface area (Å²) >= 11 is 0. The van der Waals surface area contributed by atoms with Crippen molar-refractivity contribution in [2.75, 3.05) is 13.2 Å². The van der Waals surface area contributed by atoms with Crippen molar-refractivity contribution >= 4 is 13.5 Å². The molecule has 0 spiro atoms. The number of pyridine rings is 1. The maximum Gasteiger partial charge on any atom is 0.466 e. The minimum absolute atomic E-state index is 0.0904. The van der Waals surface area contributed by atoms with Crippen molar-refractivity contribution < 1.29 is 24.4 Å². The van der Waals surface area contributed by atoms with Crippen LogP contribution >= 0.6 is 7.82 Å². The predicted molar refractivity (Wildman–Crippen MR) is 65.8 cm³/mol. The number of hydrogen-bond donors (Lipinski definition) is 5. The van der Waals surface area contributed by atoms with E-state index in [1.54, 1.807) is 12.4 Å². The lowest BCUT2D eigenvalue weighted by atomic mass is 10.2. The second-order valence-corrected chi connectivity index (χ2v) is 4.10. The van der Waals surface area contributed by atoms with E-state index in [0.717, 1.165) is 11.3 Å². The third-order valence-electron chi connectivity index (χ3n) is 1.57. The first-order chi connectivity index (χ1) is 8.34. The largest absolute Gasteiger partial charge is 0.466 e. The number of hydrazone groups is 1. The third-order valence-corrected chi connectivity index (χ3v) is 1.57. The number of aliphatic hydroxyl groups excluding tert-OH is 1. The van der Waals surface area contributed by atoms with Gasteiger partial charge in [0.1, 0.15) is 0 Å². The number of rotatable bonds is 4. The van der Waals surface area contributed by atoms with E-state index >= 15 is 0 Å². The molecule has 18 heavy (non-hydrogen) atoms. The summed E-state index contributed by atoms with van der Waals surface area (Å²) in [6.45, 7) is 2.47. The summed E-state index contributed by atoms with van der Waals surface area (Å²) in [5, 5.41) is 12.6. The highest BCUT2D eigenvalue weighted by Gasteiger charge is 2.00. The van der Waals surface area contributed by atoms with Crippen molar-refractivity contribution in [1.82, 2.24) is 10.4 Å². The van der Waals surface area contributed by atoms with Crippen molar-refractivity contribution in [2.45, 2.75) is 6.92 Å². The van der Waals surface area contributed by atoms with Gasteiger partial charge in [0.25, 0.3) is 0 Å². The minimum atomic E-state index is -4.64. The molecule has 9 heteroatoms. The zero-order valence-corrected chi connectivity index (χ0v) is 10.7. The first-order valence-corrected chi connectivity index (χ1v) is 6.48. The fraction of sp³-hybridized carbons (Fsp3) is 0.333. The molecule has 0 bridgehead atoms. The summed E-state index contributed by atoms with van der Waals surface area (Å²) in [5.41, 5.74) is 4.66. The van der Waals surface area contributed by atoms with Gasteiger partial charge in [0.15, 0.2) is 0 Å². The zero-order valence-electron chi connectivity index (χ0n) is 9.76. The maximum absolute atomic E-state index is 8.88. The Balaban J connectivity index is 0.000000494. The molecule has 1 rings (SSSR count). The molecule has 102 valence electrons. The van der Waals surface area contributed by atoms with Crippen LogP contribution in [0, 0.1) is 0 Å². The highest BCUT2D eigenvalue weighted by atomic mass is 31.2. The quantitative estimate of drug-likeness (QED) is 0.216. The van der Waals surface area contributed by atoms with Crippen LogP contribution in [-0.4, -0.2) is 43.6 Å². The highest BCUT2D eigenvalue weighted by Crippen LogP contribution is 2.25. The normalized spacial score (nSPS) is 11.5. The van der Waals surface area contributed by atoms with Crippen molar-refractivity contribution in [2.24, 2.45) is 5.10 Å². The van der Waals surface area contributed by atoms with Crippen LogP contribution in [0.25, 0.3) is 0 Å². The number of aromatic nitrogens is 1. The molecule has 0 saturated heterocycles. The highest BCUT2D eigenvalue weighted by molar-refractivity contribution is 7.45. The van der Waals surface area contributed by atoms with Crippen LogP contribution in [0.3, 0.4) is 0 Å². The molecule has 0 radical (unpaired) electrons. The number of nitrogens with one attached hydrogen (secondary N) is 1. The van der Waals surface area contributed by atoms with Crippen molar-refractivity contribution in [1.29, 1.82) is 0 Å². The van der Waals surface area contributed by atoms with E-state index in [2.05, 4.69) is 15.5 Å². The van der Waals surface area contributed by atoms with Crippen molar-refractivity contribution in [3.63, 3.8) is 0 Å². The Morgan fingerprint density at radius 1 is 1.39 bits per heavy atom. The molecular formula is C9H16N3O5P. The van der Waals surface area contributed by atoms with Crippen LogP contribution in [-0.2, 0) is 4.57 Å². The van der Waals surface area contributed by atoms with E-state index < -0.39 is 7.82 Å². The van der Waals surface area contributed by atoms with Crippen molar-refractivity contribution in [3.05, 3.63) is 30.1 Å². The van der Waals surface area contributed by atoms with Gasteiger partial charge in [0.2, 0.25) is 0 Å². The minimum Gasteiger partial charge on any atom is -0.394 e. The van der Waals surface area contributed by atoms with Crippen LogP contribution < -0.4 is 5.43 Å². The summed E-state index contributed by atoms with van der Waals surface area (Å²) in [5.74, 6) is 0. The average molecular weight is 277 g/mol. The molecular weight excluding hydrogens is 261 g/mol. The Morgan fingerprint density at radius 3 is 2.33 bits per heavy atom. The molecule has 0 aliphatic heterocycles. The third kappa shape index (κ3) is 11.2. The summed E-state index contributed by atoms with van der Waals surface area (Å²) < 4.78 is 8.88. The first kappa shape index (κ1) is 16.7. The van der Waals surface area contributed by atoms with E-state index in [4.69, 9.17) is 24.4 Å². The van der Waals surface area contributed by atoms with Crippen LogP contribution in [0.5, 0.6) is 0 Å². The molecule has 8 nitrogen and oxygen atoms in total. The maximum atomic E-state index is 8.88. The lowest BCUT2D eigenvalue weighted by molar-refractivity contribution is 0.275. The fourth-order valence-electron chi connectivity index (χ4n) is 0.882. The molecule has 1 heterocycles. The lowest BCUT2D eigenvalue weighted by Crippen LogP contribution is -2.13. The average Bonchev–Trinajstić information content (AvgIpc) is 2.28. The molecule has 0 amide bonds. The summed E-state index contributed by atoms with van der Waals surface area (Å²) in [6.07, 6.45) is 3.45. The SMILES string of the molecule is C/C(=N\NCCO)c1ccncc1.O=P(O)(O)O. The first-order valence-electron chi connectivity index (χ1n) is 4.91. The Morgan fingerprint density at radius 2 is 1.89 bits per heavy atom. The number of hydrogen-bond acceptors (Lipinski definition) is 5. The molecule has 0 aromatic carbocycles. The molecule has 0 aliphatic carbocycles. The molecule has 1 aromatic rings. The van der Waals surface area contributed by atoms with Gasteiger partial charge in [0.05, 0.1) is 18.9 Å².